The third-order valence-corrected chi connectivity index (χ3v) is 3.18. The molecule has 0 saturated carbocycles. The Morgan fingerprint density at radius 1 is 1.56 bits per heavy atom. The first-order valence-electron chi connectivity index (χ1n) is 5.57. The maximum Gasteiger partial charge on any atom is 0.230 e. The quantitative estimate of drug-likeness (QED) is 0.450. The van der Waals surface area contributed by atoms with Crippen molar-refractivity contribution in [3.63, 3.8) is 0 Å². The summed E-state index contributed by atoms with van der Waals surface area (Å²) in [6, 6.07) is 4.52. The highest BCUT2D eigenvalue weighted by Gasteiger charge is 2.04. The van der Waals surface area contributed by atoms with Crippen LogP contribution in [0, 0.1) is 5.82 Å². The number of methoxy groups -OCH3 is 1. The van der Waals surface area contributed by atoms with Crippen LogP contribution in [0.1, 0.15) is 6.42 Å². The van der Waals surface area contributed by atoms with Gasteiger partial charge in [0.05, 0.1) is 11.4 Å². The summed E-state index contributed by atoms with van der Waals surface area (Å²) in [5.41, 5.74) is 5.48. The van der Waals surface area contributed by atoms with Crippen LogP contribution in [0.2, 0.25) is 0 Å². The molecule has 0 spiro atoms. The van der Waals surface area contributed by atoms with Crippen LogP contribution < -0.4 is 11.1 Å². The molecule has 0 atom stereocenters. The van der Waals surface area contributed by atoms with Gasteiger partial charge in [-0.05, 0) is 24.6 Å². The Labute approximate surface area is 110 Å². The Morgan fingerprint density at radius 3 is 3.00 bits per heavy atom. The maximum atomic E-state index is 13.1. The molecule has 0 unspecified atom stereocenters. The lowest BCUT2D eigenvalue weighted by Gasteiger charge is -2.05. The molecule has 0 aromatic heterocycles. The molecule has 1 aromatic carbocycles. The van der Waals surface area contributed by atoms with E-state index in [0.717, 1.165) is 6.42 Å². The molecule has 18 heavy (non-hydrogen) atoms. The SMILES string of the molecule is COCCCNC(=O)CSc1ccc(N)c(F)c1. The molecule has 0 radical (unpaired) electrons. The number of hydrogen-bond donors (Lipinski definition) is 2. The molecule has 100 valence electrons. The largest absolute Gasteiger partial charge is 0.396 e. The highest BCUT2D eigenvalue weighted by molar-refractivity contribution is 8.00. The molecule has 1 rings (SSSR count). The summed E-state index contributed by atoms with van der Waals surface area (Å²) in [6.45, 7) is 1.21. The fourth-order valence-corrected chi connectivity index (χ4v) is 1.99. The number of carbonyl (C=O) groups excluding carboxylic acids is 1. The van der Waals surface area contributed by atoms with E-state index >= 15 is 0 Å². The van der Waals surface area contributed by atoms with Crippen LogP contribution in [-0.2, 0) is 9.53 Å². The monoisotopic (exact) mass is 272 g/mol. The minimum Gasteiger partial charge on any atom is -0.396 e. The van der Waals surface area contributed by atoms with Gasteiger partial charge in [0.1, 0.15) is 5.82 Å². The van der Waals surface area contributed by atoms with Gasteiger partial charge in [-0.15, -0.1) is 11.8 Å². The van der Waals surface area contributed by atoms with Crippen molar-refractivity contribution in [3.05, 3.63) is 24.0 Å². The lowest BCUT2D eigenvalue weighted by molar-refractivity contribution is -0.118. The molecule has 0 aliphatic heterocycles. The first kappa shape index (κ1) is 14.8. The first-order valence-corrected chi connectivity index (χ1v) is 6.55. The first-order chi connectivity index (χ1) is 8.63. The minimum absolute atomic E-state index is 0.0756. The fraction of sp³-hybridized carbons (Fsp3) is 0.417. The van der Waals surface area contributed by atoms with Crippen LogP contribution in [0.25, 0.3) is 0 Å². The number of rotatable bonds is 7. The van der Waals surface area contributed by atoms with Crippen molar-refractivity contribution >= 4 is 23.4 Å². The number of amides is 1. The van der Waals surface area contributed by atoms with Gasteiger partial charge < -0.3 is 15.8 Å². The predicted octanol–water partition coefficient (Wildman–Crippen LogP) is 1.65. The summed E-state index contributed by atoms with van der Waals surface area (Å²) < 4.78 is 18.0. The van der Waals surface area contributed by atoms with Gasteiger partial charge in [-0.3, -0.25) is 4.79 Å². The van der Waals surface area contributed by atoms with Gasteiger partial charge in [0.25, 0.3) is 0 Å². The van der Waals surface area contributed by atoms with E-state index in [-0.39, 0.29) is 17.3 Å². The molecule has 0 heterocycles. The third kappa shape index (κ3) is 5.37. The van der Waals surface area contributed by atoms with Gasteiger partial charge in [-0.25, -0.2) is 4.39 Å². The van der Waals surface area contributed by atoms with E-state index < -0.39 is 5.82 Å². The number of halogens is 1. The molecule has 3 N–H and O–H groups in total. The molecule has 0 saturated heterocycles. The highest BCUT2D eigenvalue weighted by Crippen LogP contribution is 2.21. The smallest absolute Gasteiger partial charge is 0.230 e. The number of nitrogens with one attached hydrogen (secondary N) is 1. The summed E-state index contributed by atoms with van der Waals surface area (Å²) in [6.07, 6.45) is 0.781. The summed E-state index contributed by atoms with van der Waals surface area (Å²) in [4.78, 5) is 12.1. The van der Waals surface area contributed by atoms with E-state index in [9.17, 15) is 9.18 Å². The zero-order valence-corrected chi connectivity index (χ0v) is 11.1. The van der Waals surface area contributed by atoms with Crippen molar-refractivity contribution in [1.29, 1.82) is 0 Å². The van der Waals surface area contributed by atoms with Gasteiger partial charge in [-0.1, -0.05) is 0 Å². The van der Waals surface area contributed by atoms with E-state index in [4.69, 9.17) is 10.5 Å². The van der Waals surface area contributed by atoms with Crippen molar-refractivity contribution in [3.8, 4) is 0 Å². The third-order valence-electron chi connectivity index (χ3n) is 2.19. The van der Waals surface area contributed by atoms with Crippen LogP contribution in [-0.4, -0.2) is 31.9 Å². The van der Waals surface area contributed by atoms with Gasteiger partial charge in [0, 0.05) is 25.2 Å². The molecule has 0 fully saturated rings. The van der Waals surface area contributed by atoms with Gasteiger partial charge in [-0.2, -0.15) is 0 Å². The number of nitrogens with two attached hydrogens (primary N) is 1. The van der Waals surface area contributed by atoms with E-state index in [1.165, 1.54) is 23.9 Å². The summed E-state index contributed by atoms with van der Waals surface area (Å²) >= 11 is 1.28. The molecule has 6 heteroatoms. The van der Waals surface area contributed by atoms with Crippen LogP contribution in [0.5, 0.6) is 0 Å². The Bertz CT molecular complexity index is 402. The van der Waals surface area contributed by atoms with Crippen LogP contribution in [0.3, 0.4) is 0 Å². The standard InChI is InChI=1S/C12H17FN2O2S/c1-17-6-2-5-15-12(16)8-18-9-3-4-11(14)10(13)7-9/h3-4,7H,2,5-6,8,14H2,1H3,(H,15,16). The molecular formula is C12H17FN2O2S. The molecule has 0 aliphatic rings. The number of nitrogen functional groups attached to an aromatic ring is 1. The van der Waals surface area contributed by atoms with Crippen molar-refractivity contribution in [2.45, 2.75) is 11.3 Å². The number of anilines is 1. The van der Waals surface area contributed by atoms with Crippen molar-refractivity contribution in [2.75, 3.05) is 31.7 Å². The van der Waals surface area contributed by atoms with Gasteiger partial charge >= 0.3 is 0 Å². The highest BCUT2D eigenvalue weighted by atomic mass is 32.2. The normalized spacial score (nSPS) is 10.3. The van der Waals surface area contributed by atoms with Crippen molar-refractivity contribution in [2.24, 2.45) is 0 Å². The summed E-state index contributed by atoms with van der Waals surface area (Å²) in [7, 11) is 1.62. The molecule has 0 bridgehead atoms. The van der Waals surface area contributed by atoms with Crippen LogP contribution in [0.4, 0.5) is 10.1 Å². The molecule has 0 aliphatic carbocycles. The second-order valence-electron chi connectivity index (χ2n) is 3.67. The number of ether oxygens (including phenoxy) is 1. The lowest BCUT2D eigenvalue weighted by Crippen LogP contribution is -2.26. The second kappa shape index (κ2) is 7.94. The lowest BCUT2D eigenvalue weighted by atomic mass is 10.3. The van der Waals surface area contributed by atoms with Crippen molar-refractivity contribution < 1.29 is 13.9 Å². The van der Waals surface area contributed by atoms with E-state index in [0.29, 0.717) is 18.0 Å². The van der Waals surface area contributed by atoms with Crippen LogP contribution in [0.15, 0.2) is 23.1 Å². The zero-order chi connectivity index (χ0) is 13.4. The van der Waals surface area contributed by atoms with Gasteiger partial charge in [0.2, 0.25) is 5.91 Å². The van der Waals surface area contributed by atoms with Gasteiger partial charge in [0.15, 0.2) is 0 Å². The number of carbonyl (C=O) groups is 1. The minimum atomic E-state index is -0.458. The number of benzene rings is 1. The van der Waals surface area contributed by atoms with E-state index in [2.05, 4.69) is 5.32 Å². The maximum absolute atomic E-state index is 13.1. The molecule has 4 nitrogen and oxygen atoms in total. The Morgan fingerprint density at radius 2 is 2.33 bits per heavy atom. The average Bonchev–Trinajstić information content (AvgIpc) is 2.36. The van der Waals surface area contributed by atoms with E-state index in [1.54, 1.807) is 13.2 Å². The zero-order valence-electron chi connectivity index (χ0n) is 10.2. The van der Waals surface area contributed by atoms with Crippen molar-refractivity contribution in [1.82, 2.24) is 5.32 Å². The number of hydrogen-bond acceptors (Lipinski definition) is 4. The topological polar surface area (TPSA) is 64.3 Å². The average molecular weight is 272 g/mol. The molecular weight excluding hydrogens is 255 g/mol. The number of thioether (sulfide) groups is 1. The van der Waals surface area contributed by atoms with Crippen LogP contribution >= 0.6 is 11.8 Å². The Balaban J connectivity index is 2.27. The summed E-state index contributed by atoms with van der Waals surface area (Å²) in [5.74, 6) is -0.273. The molecule has 1 aromatic rings. The second-order valence-corrected chi connectivity index (χ2v) is 4.72. The Kier molecular flexibility index (Phi) is 6.53. The Hall–Kier alpha value is -1.27. The molecule has 1 amide bonds. The summed E-state index contributed by atoms with van der Waals surface area (Å²) in [5, 5.41) is 2.76. The fourth-order valence-electron chi connectivity index (χ4n) is 1.24. The predicted molar refractivity (Wildman–Crippen MR) is 71.0 cm³/mol. The van der Waals surface area contributed by atoms with E-state index in [1.807, 2.05) is 0 Å².